The molecular weight excluding hydrogens is 370 g/mol. The van der Waals surface area contributed by atoms with E-state index in [9.17, 15) is 13.2 Å². The lowest BCUT2D eigenvalue weighted by molar-refractivity contribution is 0.0599. The van der Waals surface area contributed by atoms with Crippen LogP contribution < -0.4 is 4.72 Å². The van der Waals surface area contributed by atoms with E-state index in [2.05, 4.69) is 26.2 Å². The highest BCUT2D eigenvalue weighted by Crippen LogP contribution is 2.27. The zero-order valence-corrected chi connectivity index (χ0v) is 15.4. The van der Waals surface area contributed by atoms with Crippen molar-refractivity contribution in [2.45, 2.75) is 16.2 Å². The van der Waals surface area contributed by atoms with Crippen molar-refractivity contribution in [1.29, 1.82) is 0 Å². The lowest BCUT2D eigenvalue weighted by Crippen LogP contribution is -2.14. The molecule has 0 spiro atoms. The number of nitrogens with one attached hydrogen (secondary N) is 1. The number of nitrogens with zero attached hydrogens (tertiary/aromatic N) is 2. The topological polar surface area (TPSA) is 98.3 Å². The predicted molar refractivity (Wildman–Crippen MR) is 94.2 cm³/mol. The average molecular weight is 385 g/mol. The van der Waals surface area contributed by atoms with Crippen LogP contribution in [-0.4, -0.2) is 37.4 Å². The van der Waals surface area contributed by atoms with Gasteiger partial charge in [0.25, 0.3) is 10.0 Å². The first-order valence-corrected chi connectivity index (χ1v) is 9.95. The molecule has 0 radical (unpaired) electrons. The molecule has 2 aromatic rings. The molecule has 7 nitrogen and oxygen atoms in total. The van der Waals surface area contributed by atoms with Crippen molar-refractivity contribution in [3.8, 4) is 0 Å². The monoisotopic (exact) mass is 385 g/mol. The van der Waals surface area contributed by atoms with Gasteiger partial charge in [-0.25, -0.2) is 13.2 Å². The highest BCUT2D eigenvalue weighted by molar-refractivity contribution is 8.01. The maximum absolute atomic E-state index is 12.5. The number of methoxy groups -OCH3 is 1. The van der Waals surface area contributed by atoms with Crippen LogP contribution in [0.3, 0.4) is 0 Å². The van der Waals surface area contributed by atoms with Crippen molar-refractivity contribution < 1.29 is 17.9 Å². The fraction of sp³-hybridized carbons (Fsp3) is 0.214. The van der Waals surface area contributed by atoms with Crippen molar-refractivity contribution in [3.05, 3.63) is 42.0 Å². The van der Waals surface area contributed by atoms with Gasteiger partial charge in [-0.1, -0.05) is 35.2 Å². The van der Waals surface area contributed by atoms with Gasteiger partial charge < -0.3 is 4.74 Å². The number of carbonyl (C=O) groups excluding carboxylic acids is 1. The molecule has 0 aliphatic heterocycles. The quantitative estimate of drug-likeness (QED) is 0.444. The number of ether oxygens (including phenoxy) is 1. The van der Waals surface area contributed by atoms with E-state index in [0.29, 0.717) is 15.7 Å². The Morgan fingerprint density at radius 1 is 1.46 bits per heavy atom. The van der Waals surface area contributed by atoms with Gasteiger partial charge >= 0.3 is 5.97 Å². The molecule has 128 valence electrons. The Kier molecular flexibility index (Phi) is 5.97. The molecule has 1 heterocycles. The summed E-state index contributed by atoms with van der Waals surface area (Å²) < 4.78 is 32.6. The number of aryl methyl sites for hydroxylation is 1. The number of esters is 1. The third-order valence-electron chi connectivity index (χ3n) is 2.88. The Morgan fingerprint density at radius 3 is 2.88 bits per heavy atom. The van der Waals surface area contributed by atoms with Crippen LogP contribution in [0.5, 0.6) is 0 Å². The fourth-order valence-corrected chi connectivity index (χ4v) is 4.48. The summed E-state index contributed by atoms with van der Waals surface area (Å²) in [6, 6.07) is 4.24. The molecule has 1 aromatic carbocycles. The van der Waals surface area contributed by atoms with Crippen LogP contribution in [0.1, 0.15) is 15.9 Å². The third kappa shape index (κ3) is 4.34. The molecule has 0 unspecified atom stereocenters. The summed E-state index contributed by atoms with van der Waals surface area (Å²) in [5.41, 5.74) is 0.819. The molecule has 0 saturated carbocycles. The molecule has 0 saturated heterocycles. The van der Waals surface area contributed by atoms with Crippen molar-refractivity contribution in [3.63, 3.8) is 0 Å². The number of rotatable bonds is 7. The van der Waals surface area contributed by atoms with E-state index < -0.39 is 16.0 Å². The lowest BCUT2D eigenvalue weighted by Gasteiger charge is -2.08. The van der Waals surface area contributed by atoms with E-state index >= 15 is 0 Å². The molecule has 0 bridgehead atoms. The van der Waals surface area contributed by atoms with Gasteiger partial charge in [-0.05, 0) is 24.6 Å². The SMILES string of the molecule is C=CCSc1nnc(NS(=O)(=O)c2ccc(C)c(C(=O)OC)c2)s1. The maximum Gasteiger partial charge on any atom is 0.338 e. The van der Waals surface area contributed by atoms with Crippen molar-refractivity contribution in [2.75, 3.05) is 17.6 Å². The van der Waals surface area contributed by atoms with E-state index in [0.717, 1.165) is 11.3 Å². The van der Waals surface area contributed by atoms with Crippen LogP contribution in [-0.2, 0) is 14.8 Å². The molecule has 0 aliphatic carbocycles. The predicted octanol–water partition coefficient (Wildman–Crippen LogP) is 2.71. The summed E-state index contributed by atoms with van der Waals surface area (Å²) in [4.78, 5) is 11.7. The number of hydrogen-bond donors (Lipinski definition) is 1. The van der Waals surface area contributed by atoms with E-state index in [1.54, 1.807) is 19.1 Å². The van der Waals surface area contributed by atoms with Gasteiger partial charge in [0, 0.05) is 5.75 Å². The molecule has 1 N–H and O–H groups in total. The van der Waals surface area contributed by atoms with Crippen LogP contribution in [0.15, 0.2) is 40.1 Å². The molecule has 2 rings (SSSR count). The second-order valence-electron chi connectivity index (χ2n) is 4.55. The molecule has 1 aromatic heterocycles. The minimum atomic E-state index is -3.88. The molecule has 24 heavy (non-hydrogen) atoms. The molecular formula is C14H15N3O4S3. The third-order valence-corrected chi connectivity index (χ3v) is 6.31. The maximum atomic E-state index is 12.5. The first-order chi connectivity index (χ1) is 11.4. The van der Waals surface area contributed by atoms with Gasteiger partial charge in [-0.2, -0.15) is 0 Å². The van der Waals surface area contributed by atoms with Gasteiger partial charge in [0.1, 0.15) is 0 Å². The number of thioether (sulfide) groups is 1. The fourth-order valence-electron chi connectivity index (χ4n) is 1.71. The Morgan fingerprint density at radius 2 is 2.21 bits per heavy atom. The zero-order valence-electron chi connectivity index (χ0n) is 13.0. The Bertz CT molecular complexity index is 862. The van der Waals surface area contributed by atoms with Crippen LogP contribution in [0.25, 0.3) is 0 Å². The highest BCUT2D eigenvalue weighted by Gasteiger charge is 2.20. The standard InChI is InChI=1S/C14H15N3O4S3/c1-4-7-22-14-16-15-13(23-14)17-24(19,20)10-6-5-9(2)11(8-10)12(18)21-3/h4-6,8H,1,7H2,2-3H3,(H,15,17). The molecule has 10 heteroatoms. The molecule has 0 amide bonds. The molecule has 0 aliphatic rings. The second kappa shape index (κ2) is 7.77. The summed E-state index contributed by atoms with van der Waals surface area (Å²) in [7, 11) is -2.64. The number of aromatic nitrogens is 2. The summed E-state index contributed by atoms with van der Waals surface area (Å²) in [5.74, 6) is 0.0607. The number of carbonyl (C=O) groups is 1. The van der Waals surface area contributed by atoms with E-state index in [-0.39, 0.29) is 15.6 Å². The summed E-state index contributed by atoms with van der Waals surface area (Å²) in [6.45, 7) is 5.30. The minimum absolute atomic E-state index is 0.0519. The summed E-state index contributed by atoms with van der Waals surface area (Å²) in [5, 5.41) is 7.84. The first kappa shape index (κ1) is 18.4. The highest BCUT2D eigenvalue weighted by atomic mass is 32.2. The number of sulfonamides is 1. The number of hydrogen-bond acceptors (Lipinski definition) is 8. The van der Waals surface area contributed by atoms with Crippen molar-refractivity contribution in [1.82, 2.24) is 10.2 Å². The van der Waals surface area contributed by atoms with E-state index in [4.69, 9.17) is 0 Å². The van der Waals surface area contributed by atoms with Crippen LogP contribution in [0.2, 0.25) is 0 Å². The largest absolute Gasteiger partial charge is 0.465 e. The van der Waals surface area contributed by atoms with Gasteiger partial charge in [0.2, 0.25) is 5.13 Å². The van der Waals surface area contributed by atoms with Gasteiger partial charge in [-0.15, -0.1) is 16.8 Å². The van der Waals surface area contributed by atoms with Crippen molar-refractivity contribution in [2.24, 2.45) is 0 Å². The average Bonchev–Trinajstić information content (AvgIpc) is 2.99. The second-order valence-corrected chi connectivity index (χ2v) is 8.47. The van der Waals surface area contributed by atoms with Crippen molar-refractivity contribution >= 4 is 44.2 Å². The van der Waals surface area contributed by atoms with E-state index in [1.165, 1.54) is 31.0 Å². The first-order valence-electron chi connectivity index (χ1n) is 6.66. The summed E-state index contributed by atoms with van der Waals surface area (Å²) in [6.07, 6.45) is 1.72. The molecule has 0 fully saturated rings. The lowest BCUT2D eigenvalue weighted by atomic mass is 10.1. The van der Waals surface area contributed by atoms with Gasteiger partial charge in [0.15, 0.2) is 4.34 Å². The van der Waals surface area contributed by atoms with E-state index in [1.807, 2.05) is 0 Å². The van der Waals surface area contributed by atoms with Crippen LogP contribution in [0, 0.1) is 6.92 Å². The Balaban J connectivity index is 2.25. The number of benzene rings is 1. The Hall–Kier alpha value is -1.91. The smallest absolute Gasteiger partial charge is 0.338 e. The number of anilines is 1. The zero-order chi connectivity index (χ0) is 17.7. The van der Waals surface area contributed by atoms with Gasteiger partial charge in [0.05, 0.1) is 17.6 Å². The molecule has 0 atom stereocenters. The normalized spacial score (nSPS) is 11.1. The summed E-state index contributed by atoms with van der Waals surface area (Å²) >= 11 is 2.53. The minimum Gasteiger partial charge on any atom is -0.465 e. The van der Waals surface area contributed by atoms with Crippen LogP contribution >= 0.6 is 23.1 Å². The van der Waals surface area contributed by atoms with Crippen LogP contribution in [0.4, 0.5) is 5.13 Å². The van der Waals surface area contributed by atoms with Gasteiger partial charge in [-0.3, -0.25) is 4.72 Å². The Labute approximate surface area is 148 Å².